The molecule has 2 saturated carbocycles. The number of rotatable bonds is 5. The van der Waals surface area contributed by atoms with Crippen molar-refractivity contribution in [1.29, 1.82) is 0 Å². The lowest BCUT2D eigenvalue weighted by atomic mass is 10.1. The van der Waals surface area contributed by atoms with Crippen LogP contribution in [0.3, 0.4) is 0 Å². The van der Waals surface area contributed by atoms with E-state index < -0.39 is 22.1 Å². The van der Waals surface area contributed by atoms with Crippen LogP contribution < -0.4 is 11.1 Å². The number of nitrogens with two attached hydrogens (primary N) is 1. The molecule has 0 bridgehead atoms. The Morgan fingerprint density at radius 3 is 1.64 bits per heavy atom. The van der Waals surface area contributed by atoms with Crippen LogP contribution in [0, 0.1) is 0 Å². The van der Waals surface area contributed by atoms with Crippen molar-refractivity contribution in [2.75, 3.05) is 0 Å². The molecular formula is C32H48N6O3S2Si2. The van der Waals surface area contributed by atoms with Crippen molar-refractivity contribution < 1.29 is 14.7 Å². The van der Waals surface area contributed by atoms with Gasteiger partial charge in [-0.1, -0.05) is 50.4 Å². The molecule has 8 rings (SSSR count). The van der Waals surface area contributed by atoms with E-state index in [0.29, 0.717) is 35.3 Å². The van der Waals surface area contributed by atoms with Gasteiger partial charge >= 0.3 is 5.97 Å². The van der Waals surface area contributed by atoms with Crippen molar-refractivity contribution in [3.8, 4) is 0 Å². The van der Waals surface area contributed by atoms with Crippen molar-refractivity contribution in [3.05, 3.63) is 33.5 Å². The predicted molar refractivity (Wildman–Crippen MR) is 191 cm³/mol. The highest BCUT2D eigenvalue weighted by molar-refractivity contribution is 7.19. The molecule has 6 heterocycles. The van der Waals surface area contributed by atoms with Gasteiger partial charge in [-0.25, -0.2) is 14.8 Å². The SMILES string of the molecule is C[Si]1(C)CCC(N)CC1.C[Si]1(C)CCC(NC(=O)c2cc3sc(C4CC4)nc3[nH]2)CC1.O=C(O)c1cc2sc(C3CC3)nc2[nH]1. The number of aromatic nitrogens is 4. The van der Waals surface area contributed by atoms with E-state index in [0.717, 1.165) is 32.9 Å². The van der Waals surface area contributed by atoms with E-state index >= 15 is 0 Å². The molecule has 0 unspecified atom stereocenters. The van der Waals surface area contributed by atoms with Crippen LogP contribution in [-0.4, -0.2) is 65.2 Å². The minimum atomic E-state index is -0.957. The topological polar surface area (TPSA) is 150 Å². The second-order valence-corrected chi connectivity index (χ2v) is 27.9. The number of carbonyl (C=O) groups is 2. The van der Waals surface area contributed by atoms with Gasteiger partial charge < -0.3 is 26.1 Å². The maximum atomic E-state index is 12.4. The number of amides is 1. The van der Waals surface area contributed by atoms with Gasteiger partial charge in [0, 0.05) is 40.1 Å². The highest BCUT2D eigenvalue weighted by atomic mass is 32.1. The molecule has 244 valence electrons. The van der Waals surface area contributed by atoms with Crippen LogP contribution in [0.15, 0.2) is 12.1 Å². The maximum Gasteiger partial charge on any atom is 0.352 e. The van der Waals surface area contributed by atoms with Gasteiger partial charge in [0.2, 0.25) is 0 Å². The number of thiazole rings is 2. The molecule has 0 aromatic carbocycles. The average Bonchev–Trinajstić information content (AvgIpc) is 3.85. The number of H-pyrrole nitrogens is 2. The molecule has 0 atom stereocenters. The summed E-state index contributed by atoms with van der Waals surface area (Å²) in [4.78, 5) is 38.1. The third kappa shape index (κ3) is 8.53. The summed E-state index contributed by atoms with van der Waals surface area (Å²) < 4.78 is 2.06. The first-order valence-electron chi connectivity index (χ1n) is 16.6. The zero-order valence-corrected chi connectivity index (χ0v) is 30.6. The Hall–Kier alpha value is -2.33. The number of carbonyl (C=O) groups excluding carboxylic acids is 1. The predicted octanol–water partition coefficient (Wildman–Crippen LogP) is 8.12. The van der Waals surface area contributed by atoms with Crippen LogP contribution in [0.25, 0.3) is 20.7 Å². The lowest BCUT2D eigenvalue weighted by Gasteiger charge is -2.33. The third-order valence-corrected chi connectivity index (χ3v) is 18.7. The van der Waals surface area contributed by atoms with Crippen LogP contribution in [0.4, 0.5) is 0 Å². The highest BCUT2D eigenvalue weighted by Gasteiger charge is 2.31. The Morgan fingerprint density at radius 2 is 1.22 bits per heavy atom. The Labute approximate surface area is 275 Å². The standard InChI is InChI=1S/C16H23N3OSSi.C9H8N2O2S.C7H17NSi/c1-22(2)7-5-11(6-8-22)17-15(20)12-9-13-14(18-12)19-16(21-13)10-3-4-10;12-9(13)5-3-6-7(10-5)11-8(14-6)4-1-2-4;1-9(2)5-3-7(8)4-6-9/h9-11,18H,3-8H2,1-2H3,(H,17,20);3-4,10H,1-2H2,(H,12,13);7H,3-6,8H2,1-2H3. The number of carboxylic acids is 1. The molecule has 4 aromatic heterocycles. The first-order valence-corrected chi connectivity index (χ1v) is 25.1. The zero-order chi connectivity index (χ0) is 31.9. The fourth-order valence-corrected chi connectivity index (χ4v) is 13.5. The first-order chi connectivity index (χ1) is 21.3. The summed E-state index contributed by atoms with van der Waals surface area (Å²) in [6, 6.07) is 10.1. The molecule has 2 aliphatic carbocycles. The summed E-state index contributed by atoms with van der Waals surface area (Å²) in [5.41, 5.74) is 8.27. The van der Waals surface area contributed by atoms with Crippen LogP contribution in [-0.2, 0) is 0 Å². The van der Waals surface area contributed by atoms with E-state index in [2.05, 4.69) is 51.4 Å². The number of nitrogens with one attached hydrogen (secondary N) is 3. The number of fused-ring (bicyclic) bond motifs is 2. The summed E-state index contributed by atoms with van der Waals surface area (Å²) in [5.74, 6) is 0.416. The van der Waals surface area contributed by atoms with Crippen molar-refractivity contribution in [2.45, 2.75) is 126 Å². The quantitative estimate of drug-likeness (QED) is 0.134. The van der Waals surface area contributed by atoms with Gasteiger partial charge in [-0.05, 0) is 63.5 Å². The molecule has 4 aliphatic rings. The number of aromatic carboxylic acids is 1. The summed E-state index contributed by atoms with van der Waals surface area (Å²) in [5, 5.41) is 14.3. The van der Waals surface area contributed by atoms with Gasteiger partial charge in [-0.3, -0.25) is 4.79 Å². The van der Waals surface area contributed by atoms with Crippen molar-refractivity contribution in [2.24, 2.45) is 5.73 Å². The molecule has 1 amide bonds. The molecule has 4 fully saturated rings. The molecule has 9 nitrogen and oxygen atoms in total. The van der Waals surface area contributed by atoms with Gasteiger partial charge in [0.25, 0.3) is 5.91 Å². The second kappa shape index (κ2) is 13.1. The fraction of sp³-hybridized carbons (Fsp3) is 0.625. The first kappa shape index (κ1) is 32.6. The summed E-state index contributed by atoms with van der Waals surface area (Å²) >= 11 is 3.34. The van der Waals surface area contributed by atoms with Crippen LogP contribution in [0.1, 0.15) is 94.2 Å². The maximum absolute atomic E-state index is 12.4. The minimum absolute atomic E-state index is 0.0320. The zero-order valence-electron chi connectivity index (χ0n) is 27.0. The van der Waals surface area contributed by atoms with Gasteiger partial charge in [0.15, 0.2) is 0 Å². The van der Waals surface area contributed by atoms with E-state index in [9.17, 15) is 9.59 Å². The smallest absolute Gasteiger partial charge is 0.352 e. The van der Waals surface area contributed by atoms with Gasteiger partial charge in [-0.15, -0.1) is 22.7 Å². The monoisotopic (exact) mass is 684 g/mol. The molecule has 45 heavy (non-hydrogen) atoms. The highest BCUT2D eigenvalue weighted by Crippen LogP contribution is 2.44. The number of hydrogen-bond donors (Lipinski definition) is 5. The Bertz CT molecular complexity index is 1580. The Morgan fingerprint density at radius 1 is 0.778 bits per heavy atom. The van der Waals surface area contributed by atoms with Crippen molar-refractivity contribution in [1.82, 2.24) is 25.3 Å². The lowest BCUT2D eigenvalue weighted by molar-refractivity contribution is 0.0691. The number of aromatic amines is 2. The summed E-state index contributed by atoms with van der Waals surface area (Å²) in [7, 11) is -1.67. The van der Waals surface area contributed by atoms with Gasteiger partial charge in [0.1, 0.15) is 22.7 Å². The molecule has 0 spiro atoms. The Balaban J connectivity index is 0.000000132. The molecular weight excluding hydrogens is 637 g/mol. The number of nitrogens with zero attached hydrogens (tertiary/aromatic N) is 2. The lowest BCUT2D eigenvalue weighted by Crippen LogP contribution is -2.42. The third-order valence-electron chi connectivity index (χ3n) is 9.78. The molecule has 13 heteroatoms. The van der Waals surface area contributed by atoms with E-state index in [1.165, 1.54) is 67.7 Å². The summed E-state index contributed by atoms with van der Waals surface area (Å²) in [6.45, 7) is 9.85. The Kier molecular flexibility index (Phi) is 9.46. The molecule has 2 aliphatic heterocycles. The van der Waals surface area contributed by atoms with Crippen LogP contribution >= 0.6 is 22.7 Å². The van der Waals surface area contributed by atoms with Crippen molar-refractivity contribution in [3.63, 3.8) is 0 Å². The average molecular weight is 685 g/mol. The molecule has 0 radical (unpaired) electrons. The minimum Gasteiger partial charge on any atom is -0.477 e. The van der Waals surface area contributed by atoms with Gasteiger partial charge in [0.05, 0.1) is 19.4 Å². The number of hydrogen-bond acceptors (Lipinski definition) is 7. The van der Waals surface area contributed by atoms with E-state index in [1.54, 1.807) is 28.7 Å². The van der Waals surface area contributed by atoms with Crippen LogP contribution in [0.5, 0.6) is 0 Å². The van der Waals surface area contributed by atoms with Crippen LogP contribution in [0.2, 0.25) is 50.4 Å². The molecule has 2 saturated heterocycles. The largest absolute Gasteiger partial charge is 0.477 e. The number of carboxylic acid groups (broad SMARTS) is 1. The molecule has 6 N–H and O–H groups in total. The summed E-state index contributed by atoms with van der Waals surface area (Å²) in [6.07, 6.45) is 9.85. The van der Waals surface area contributed by atoms with Gasteiger partial charge in [-0.2, -0.15) is 0 Å². The molecule has 4 aromatic rings. The van der Waals surface area contributed by atoms with E-state index in [4.69, 9.17) is 10.8 Å². The van der Waals surface area contributed by atoms with E-state index in [1.807, 2.05) is 6.07 Å². The second-order valence-electron chi connectivity index (χ2n) is 15.2. The normalized spacial score (nSPS) is 21.5. The fourth-order valence-electron chi connectivity index (χ4n) is 6.14. The van der Waals surface area contributed by atoms with E-state index in [-0.39, 0.29) is 11.6 Å². The van der Waals surface area contributed by atoms with Crippen molar-refractivity contribution >= 4 is 71.4 Å².